The fourth-order valence-corrected chi connectivity index (χ4v) is 2.73. The molecule has 0 aromatic heterocycles. The van der Waals surface area contributed by atoms with Crippen LogP contribution in [0.25, 0.3) is 17.2 Å². The summed E-state index contributed by atoms with van der Waals surface area (Å²) in [6.45, 7) is 2.76. The van der Waals surface area contributed by atoms with Crippen LogP contribution >= 0.6 is 0 Å². The minimum absolute atomic E-state index is 0.119. The lowest BCUT2D eigenvalue weighted by molar-refractivity contribution is -0.139. The largest absolute Gasteiger partial charge is 0.490 e. The monoisotopic (exact) mass is 396 g/mol. The van der Waals surface area contributed by atoms with E-state index in [1.165, 1.54) is 14.2 Å². The average Bonchev–Trinajstić information content (AvgIpc) is 2.77. The first kappa shape index (κ1) is 22.0. The van der Waals surface area contributed by atoms with Gasteiger partial charge in [0.1, 0.15) is 0 Å². The number of esters is 1. The van der Waals surface area contributed by atoms with Crippen LogP contribution in [0.15, 0.2) is 54.3 Å². The van der Waals surface area contributed by atoms with Gasteiger partial charge >= 0.3 is 12.0 Å². The summed E-state index contributed by atoms with van der Waals surface area (Å²) in [5.41, 5.74) is 3.62. The summed E-state index contributed by atoms with van der Waals surface area (Å²) in [6, 6.07) is 15.4. The third-order valence-corrected chi connectivity index (χ3v) is 4.49. The van der Waals surface area contributed by atoms with Crippen molar-refractivity contribution in [2.75, 3.05) is 32.7 Å². The number of benzene rings is 2. The highest BCUT2D eigenvalue weighted by Crippen LogP contribution is 2.25. The minimum Gasteiger partial charge on any atom is -0.490 e. The van der Waals surface area contributed by atoms with Gasteiger partial charge in [0.05, 0.1) is 14.2 Å². The first-order chi connectivity index (χ1) is 14.0. The van der Waals surface area contributed by atoms with Crippen molar-refractivity contribution in [1.29, 1.82) is 0 Å². The number of hydrogen-bond acceptors (Lipinski definition) is 4. The normalized spacial score (nSPS) is 11.0. The zero-order chi connectivity index (χ0) is 21.2. The second-order valence-electron chi connectivity index (χ2n) is 6.52. The molecule has 0 aliphatic carbocycles. The number of rotatable bonds is 8. The summed E-state index contributed by atoms with van der Waals surface area (Å²) in [6.07, 6.45) is 3.62. The van der Waals surface area contributed by atoms with Gasteiger partial charge in [-0.1, -0.05) is 49.7 Å². The van der Waals surface area contributed by atoms with E-state index in [1.807, 2.05) is 48.5 Å². The number of methoxy groups -OCH3 is 2. The molecule has 0 spiro atoms. The number of urea groups is 1. The Bertz CT molecular complexity index is 859. The molecule has 2 aromatic rings. The molecule has 0 saturated heterocycles. The van der Waals surface area contributed by atoms with Gasteiger partial charge in [-0.25, -0.2) is 9.59 Å². The Balaban J connectivity index is 2.17. The van der Waals surface area contributed by atoms with E-state index in [-0.39, 0.29) is 11.8 Å². The quantitative estimate of drug-likeness (QED) is 0.310. The number of ether oxygens (including phenoxy) is 2. The van der Waals surface area contributed by atoms with Crippen molar-refractivity contribution in [3.63, 3.8) is 0 Å². The van der Waals surface area contributed by atoms with Gasteiger partial charge < -0.3 is 14.8 Å². The number of unbranched alkanes of at least 4 members (excludes halogenated alkanes) is 1. The molecule has 0 aliphatic heterocycles. The van der Waals surface area contributed by atoms with Crippen molar-refractivity contribution in [3.8, 4) is 11.1 Å². The second kappa shape index (κ2) is 10.9. The molecule has 154 valence electrons. The van der Waals surface area contributed by atoms with E-state index in [0.717, 1.165) is 35.2 Å². The topological polar surface area (TPSA) is 67.9 Å². The predicted octanol–water partition coefficient (Wildman–Crippen LogP) is 4.46. The number of nitrogens with one attached hydrogen (secondary N) is 1. The molecule has 0 fully saturated rings. The van der Waals surface area contributed by atoms with Crippen LogP contribution in [-0.4, -0.2) is 39.8 Å². The van der Waals surface area contributed by atoms with Crippen LogP contribution in [0.3, 0.4) is 0 Å². The minimum atomic E-state index is -0.524. The Morgan fingerprint density at radius 1 is 1.03 bits per heavy atom. The molecule has 0 bridgehead atoms. The summed E-state index contributed by atoms with van der Waals surface area (Å²) in [7, 11) is 4.50. The summed E-state index contributed by atoms with van der Waals surface area (Å²) in [4.78, 5) is 25.5. The van der Waals surface area contributed by atoms with Crippen LogP contribution < -0.4 is 10.2 Å². The molecule has 1 N–H and O–H groups in total. The SMILES string of the molecule is CCCCNC(=O)N(C)c1cccc(-c2ccc(C=C(OC)C(=O)OC)cc2)c1. The maximum absolute atomic E-state index is 12.3. The van der Waals surface area contributed by atoms with Gasteiger partial charge in [0.25, 0.3) is 0 Å². The van der Waals surface area contributed by atoms with Crippen molar-refractivity contribution in [2.24, 2.45) is 0 Å². The number of carbonyl (C=O) groups is 2. The van der Waals surface area contributed by atoms with Crippen LogP contribution in [0.4, 0.5) is 10.5 Å². The molecule has 0 unspecified atom stereocenters. The molecule has 29 heavy (non-hydrogen) atoms. The number of carbonyl (C=O) groups excluding carboxylic acids is 2. The van der Waals surface area contributed by atoms with Crippen LogP contribution in [0.1, 0.15) is 25.3 Å². The first-order valence-electron chi connectivity index (χ1n) is 9.56. The van der Waals surface area contributed by atoms with E-state index in [9.17, 15) is 9.59 Å². The Labute approximate surface area is 172 Å². The van der Waals surface area contributed by atoms with E-state index in [1.54, 1.807) is 18.0 Å². The standard InChI is InChI=1S/C23H28N2O4/c1-5-6-14-24-23(27)25(2)20-9-7-8-19(16-20)18-12-10-17(11-13-18)15-21(28-3)22(26)29-4/h7-13,15-16H,5-6,14H2,1-4H3,(H,24,27). The maximum Gasteiger partial charge on any atom is 0.373 e. The van der Waals surface area contributed by atoms with Gasteiger partial charge in [-0.05, 0) is 41.3 Å². The fourth-order valence-electron chi connectivity index (χ4n) is 2.73. The van der Waals surface area contributed by atoms with E-state index in [2.05, 4.69) is 17.0 Å². The lowest BCUT2D eigenvalue weighted by Gasteiger charge is -2.19. The summed E-state index contributed by atoms with van der Waals surface area (Å²) >= 11 is 0. The molecule has 0 aliphatic rings. The van der Waals surface area contributed by atoms with Gasteiger partial charge in [0, 0.05) is 19.3 Å². The molecule has 2 amide bonds. The fraction of sp³-hybridized carbons (Fsp3) is 0.304. The Morgan fingerprint density at radius 2 is 1.76 bits per heavy atom. The molecule has 2 rings (SSSR count). The number of amides is 2. The zero-order valence-electron chi connectivity index (χ0n) is 17.4. The summed E-state index contributed by atoms with van der Waals surface area (Å²) in [5.74, 6) is -0.387. The molecule has 2 aromatic carbocycles. The van der Waals surface area contributed by atoms with Gasteiger partial charge in [-0.2, -0.15) is 0 Å². The van der Waals surface area contributed by atoms with Crippen LogP contribution in [0.2, 0.25) is 0 Å². The van der Waals surface area contributed by atoms with Crippen molar-refractivity contribution < 1.29 is 19.1 Å². The van der Waals surface area contributed by atoms with Crippen LogP contribution in [0.5, 0.6) is 0 Å². The number of hydrogen-bond donors (Lipinski definition) is 1. The van der Waals surface area contributed by atoms with Crippen LogP contribution in [-0.2, 0) is 14.3 Å². The summed E-state index contributed by atoms with van der Waals surface area (Å²) in [5, 5.41) is 2.92. The Kier molecular flexibility index (Phi) is 8.27. The van der Waals surface area contributed by atoms with E-state index in [4.69, 9.17) is 4.74 Å². The van der Waals surface area contributed by atoms with Crippen molar-refractivity contribution in [1.82, 2.24) is 5.32 Å². The molecule has 0 saturated carbocycles. The van der Waals surface area contributed by atoms with Crippen molar-refractivity contribution in [3.05, 3.63) is 59.9 Å². The lowest BCUT2D eigenvalue weighted by atomic mass is 10.0. The Hall–Kier alpha value is -3.28. The highest BCUT2D eigenvalue weighted by molar-refractivity contribution is 5.92. The zero-order valence-corrected chi connectivity index (χ0v) is 17.4. The number of nitrogens with zero attached hydrogens (tertiary/aromatic N) is 1. The van der Waals surface area contributed by atoms with Gasteiger partial charge in [0.15, 0.2) is 0 Å². The van der Waals surface area contributed by atoms with Crippen molar-refractivity contribution in [2.45, 2.75) is 19.8 Å². The van der Waals surface area contributed by atoms with E-state index >= 15 is 0 Å². The van der Waals surface area contributed by atoms with E-state index in [0.29, 0.717) is 6.54 Å². The lowest BCUT2D eigenvalue weighted by Crippen LogP contribution is -2.37. The highest BCUT2D eigenvalue weighted by atomic mass is 16.6. The molecule has 0 atom stereocenters. The third-order valence-electron chi connectivity index (χ3n) is 4.49. The average molecular weight is 396 g/mol. The van der Waals surface area contributed by atoms with Gasteiger partial charge in [0.2, 0.25) is 5.76 Å². The molecular weight excluding hydrogens is 368 g/mol. The Morgan fingerprint density at radius 3 is 2.38 bits per heavy atom. The first-order valence-corrected chi connectivity index (χ1v) is 9.56. The molecule has 6 heteroatoms. The highest BCUT2D eigenvalue weighted by Gasteiger charge is 2.12. The van der Waals surface area contributed by atoms with Gasteiger partial charge in [-0.3, -0.25) is 4.90 Å². The second-order valence-corrected chi connectivity index (χ2v) is 6.52. The smallest absolute Gasteiger partial charge is 0.373 e. The molecule has 6 nitrogen and oxygen atoms in total. The number of anilines is 1. The molecule has 0 radical (unpaired) electrons. The summed E-state index contributed by atoms with van der Waals surface area (Å²) < 4.78 is 9.75. The predicted molar refractivity (Wildman–Crippen MR) is 116 cm³/mol. The molecular formula is C23H28N2O4. The van der Waals surface area contributed by atoms with Crippen LogP contribution in [0, 0.1) is 0 Å². The third kappa shape index (κ3) is 6.10. The maximum atomic E-state index is 12.3. The van der Waals surface area contributed by atoms with Crippen molar-refractivity contribution >= 4 is 23.8 Å². The van der Waals surface area contributed by atoms with Gasteiger partial charge in [-0.15, -0.1) is 0 Å². The van der Waals surface area contributed by atoms with E-state index < -0.39 is 5.97 Å². The molecule has 0 heterocycles.